The molecule has 0 bridgehead atoms. The third kappa shape index (κ3) is 2.13. The number of aromatic nitrogens is 2. The number of methoxy groups -OCH3 is 1. The minimum absolute atomic E-state index is 0.0947. The zero-order valence-corrected chi connectivity index (χ0v) is 11.6. The fourth-order valence-corrected chi connectivity index (χ4v) is 2.20. The molecule has 0 aliphatic heterocycles. The van der Waals surface area contributed by atoms with E-state index in [9.17, 15) is 15.4 Å². The van der Waals surface area contributed by atoms with Crippen molar-refractivity contribution < 1.29 is 9.66 Å². The van der Waals surface area contributed by atoms with E-state index in [0.717, 1.165) is 5.56 Å². The van der Waals surface area contributed by atoms with Gasteiger partial charge in [0.15, 0.2) is 5.69 Å². The number of hydrogen-bond donors (Lipinski definition) is 0. The van der Waals surface area contributed by atoms with Gasteiger partial charge in [-0.1, -0.05) is 0 Å². The lowest BCUT2D eigenvalue weighted by Crippen LogP contribution is -1.94. The van der Waals surface area contributed by atoms with Crippen LogP contribution in [0.4, 0.5) is 5.69 Å². The van der Waals surface area contributed by atoms with Gasteiger partial charge in [-0.3, -0.25) is 14.5 Å². The van der Waals surface area contributed by atoms with Crippen LogP contribution in [-0.4, -0.2) is 21.4 Å². The molecule has 0 saturated heterocycles. The molecule has 0 amide bonds. The molecule has 22 heavy (non-hydrogen) atoms. The van der Waals surface area contributed by atoms with Crippen molar-refractivity contribution in [1.82, 2.24) is 9.38 Å². The summed E-state index contributed by atoms with van der Waals surface area (Å²) in [5, 5.41) is 20.3. The van der Waals surface area contributed by atoms with Crippen LogP contribution in [0.3, 0.4) is 0 Å². The number of rotatable bonds is 3. The summed E-state index contributed by atoms with van der Waals surface area (Å²) in [5.74, 6) is 0.696. The number of fused-ring (bicyclic) bond motifs is 1. The van der Waals surface area contributed by atoms with Crippen LogP contribution in [0, 0.1) is 21.4 Å². The van der Waals surface area contributed by atoms with Crippen LogP contribution in [0.5, 0.6) is 5.75 Å². The second-order valence-electron chi connectivity index (χ2n) is 4.52. The van der Waals surface area contributed by atoms with Crippen LogP contribution in [-0.2, 0) is 0 Å². The predicted octanol–water partition coefficient (Wildman–Crippen LogP) is 2.79. The number of imidazole rings is 1. The molecule has 0 atom stereocenters. The van der Waals surface area contributed by atoms with Gasteiger partial charge >= 0.3 is 0 Å². The lowest BCUT2D eigenvalue weighted by molar-refractivity contribution is -0.385. The largest absolute Gasteiger partial charge is 0.497 e. The van der Waals surface area contributed by atoms with E-state index in [-0.39, 0.29) is 11.4 Å². The van der Waals surface area contributed by atoms with Crippen molar-refractivity contribution in [2.75, 3.05) is 7.11 Å². The molecule has 7 heteroatoms. The summed E-state index contributed by atoms with van der Waals surface area (Å²) in [7, 11) is 1.57. The van der Waals surface area contributed by atoms with E-state index < -0.39 is 4.92 Å². The van der Waals surface area contributed by atoms with Gasteiger partial charge in [-0.25, -0.2) is 4.98 Å². The van der Waals surface area contributed by atoms with Crippen LogP contribution in [0.2, 0.25) is 0 Å². The molecule has 0 unspecified atom stereocenters. The van der Waals surface area contributed by atoms with Crippen molar-refractivity contribution in [3.63, 3.8) is 0 Å². The number of nitro groups is 1. The molecule has 0 aliphatic carbocycles. The highest BCUT2D eigenvalue weighted by molar-refractivity contribution is 5.70. The van der Waals surface area contributed by atoms with E-state index in [1.165, 1.54) is 22.7 Å². The Morgan fingerprint density at radius 1 is 1.27 bits per heavy atom. The highest BCUT2D eigenvalue weighted by Crippen LogP contribution is 2.27. The molecule has 2 aromatic heterocycles. The summed E-state index contributed by atoms with van der Waals surface area (Å²) in [6, 6.07) is 12.0. The number of benzene rings is 1. The van der Waals surface area contributed by atoms with Gasteiger partial charge in [0.25, 0.3) is 5.69 Å². The number of pyridine rings is 1. The van der Waals surface area contributed by atoms with E-state index >= 15 is 0 Å². The second-order valence-corrected chi connectivity index (χ2v) is 4.52. The summed E-state index contributed by atoms with van der Waals surface area (Å²) in [4.78, 5) is 14.7. The number of hydrogen-bond acceptors (Lipinski definition) is 5. The Morgan fingerprint density at radius 2 is 2.00 bits per heavy atom. The van der Waals surface area contributed by atoms with Gasteiger partial charge in [0, 0.05) is 11.6 Å². The van der Waals surface area contributed by atoms with E-state index in [1.807, 2.05) is 0 Å². The van der Waals surface area contributed by atoms with Gasteiger partial charge in [0.2, 0.25) is 0 Å². The summed E-state index contributed by atoms with van der Waals surface area (Å²) in [6.45, 7) is 0. The van der Waals surface area contributed by atoms with Crippen LogP contribution in [0.15, 0.2) is 42.6 Å². The topological polar surface area (TPSA) is 93.5 Å². The van der Waals surface area contributed by atoms with Crippen molar-refractivity contribution in [2.24, 2.45) is 0 Å². The van der Waals surface area contributed by atoms with Crippen molar-refractivity contribution in [1.29, 1.82) is 5.26 Å². The van der Waals surface area contributed by atoms with Crippen LogP contribution in [0.1, 0.15) is 5.69 Å². The monoisotopic (exact) mass is 294 g/mol. The molecular weight excluding hydrogens is 284 g/mol. The average molecular weight is 294 g/mol. The molecule has 0 aliphatic rings. The molecule has 0 radical (unpaired) electrons. The Kier molecular flexibility index (Phi) is 3.20. The van der Waals surface area contributed by atoms with Gasteiger partial charge in [-0.15, -0.1) is 0 Å². The molecule has 1 aromatic carbocycles. The molecule has 0 fully saturated rings. The average Bonchev–Trinajstić information content (AvgIpc) is 2.92. The van der Waals surface area contributed by atoms with Crippen molar-refractivity contribution >= 4 is 11.3 Å². The third-order valence-electron chi connectivity index (χ3n) is 3.28. The van der Waals surface area contributed by atoms with Crippen molar-refractivity contribution in [3.05, 3.63) is 58.4 Å². The highest BCUT2D eigenvalue weighted by atomic mass is 16.6. The van der Waals surface area contributed by atoms with Gasteiger partial charge in [-0.05, 0) is 30.3 Å². The molecule has 2 heterocycles. The predicted molar refractivity (Wildman–Crippen MR) is 78.5 cm³/mol. The minimum Gasteiger partial charge on any atom is -0.497 e. The molecule has 7 nitrogen and oxygen atoms in total. The molecule has 3 aromatic rings. The highest BCUT2D eigenvalue weighted by Gasteiger charge is 2.16. The molecule has 108 valence electrons. The van der Waals surface area contributed by atoms with E-state index in [2.05, 4.69) is 11.1 Å². The quantitative estimate of drug-likeness (QED) is 0.547. The summed E-state index contributed by atoms with van der Waals surface area (Å²) < 4.78 is 6.53. The maximum Gasteiger partial charge on any atom is 0.286 e. The Bertz CT molecular complexity index is 907. The van der Waals surface area contributed by atoms with Crippen molar-refractivity contribution in [3.8, 4) is 23.1 Å². The Morgan fingerprint density at radius 3 is 2.59 bits per heavy atom. The lowest BCUT2D eigenvalue weighted by Gasteiger charge is -2.01. The van der Waals surface area contributed by atoms with Crippen LogP contribution in [0.25, 0.3) is 16.9 Å². The zero-order chi connectivity index (χ0) is 15.7. The standard InChI is InChI=1S/C15H10N4O3/c1-22-12-5-2-10(3-6-12)15-13(8-16)18-9-11(19(20)21)4-7-14(18)17-15/h2-7,9H,1H3. The Balaban J connectivity index is 2.21. The first-order valence-corrected chi connectivity index (χ1v) is 6.35. The SMILES string of the molecule is COc1ccc(-c2nc3ccc([N+](=O)[O-])cn3c2C#N)cc1. The maximum atomic E-state index is 10.9. The summed E-state index contributed by atoms with van der Waals surface area (Å²) >= 11 is 0. The van der Waals surface area contributed by atoms with Gasteiger partial charge in [0.05, 0.1) is 18.2 Å². The molecule has 3 rings (SSSR count). The fourth-order valence-electron chi connectivity index (χ4n) is 2.20. The number of nitrogens with zero attached hydrogens (tertiary/aromatic N) is 4. The Labute approximate surface area is 125 Å². The van der Waals surface area contributed by atoms with E-state index in [0.29, 0.717) is 17.1 Å². The molecule has 0 spiro atoms. The first-order valence-electron chi connectivity index (χ1n) is 6.35. The van der Waals surface area contributed by atoms with Crippen LogP contribution >= 0.6 is 0 Å². The second kappa shape index (κ2) is 5.18. The van der Waals surface area contributed by atoms with Crippen molar-refractivity contribution in [2.45, 2.75) is 0 Å². The first-order chi connectivity index (χ1) is 10.6. The molecule has 0 saturated carbocycles. The lowest BCUT2D eigenvalue weighted by atomic mass is 10.1. The number of nitriles is 1. The van der Waals surface area contributed by atoms with Crippen LogP contribution < -0.4 is 4.74 Å². The zero-order valence-electron chi connectivity index (χ0n) is 11.6. The third-order valence-corrected chi connectivity index (χ3v) is 3.28. The summed E-state index contributed by atoms with van der Waals surface area (Å²) in [5.41, 5.74) is 1.86. The molecule has 0 N–H and O–H groups in total. The van der Waals surface area contributed by atoms with E-state index in [1.54, 1.807) is 31.4 Å². The number of ether oxygens (including phenoxy) is 1. The Hall–Kier alpha value is -3.40. The minimum atomic E-state index is -0.506. The van der Waals surface area contributed by atoms with Gasteiger partial charge < -0.3 is 4.74 Å². The van der Waals surface area contributed by atoms with Gasteiger partial charge in [-0.2, -0.15) is 5.26 Å². The maximum absolute atomic E-state index is 10.9. The van der Waals surface area contributed by atoms with E-state index in [4.69, 9.17) is 4.74 Å². The first kappa shape index (κ1) is 13.6. The van der Waals surface area contributed by atoms with Gasteiger partial charge in [0.1, 0.15) is 23.2 Å². The molecular formula is C15H10N4O3. The fraction of sp³-hybridized carbons (Fsp3) is 0.0667. The normalized spacial score (nSPS) is 10.4. The summed E-state index contributed by atoms with van der Waals surface area (Å²) in [6.07, 6.45) is 1.30. The smallest absolute Gasteiger partial charge is 0.286 e.